The van der Waals surface area contributed by atoms with Gasteiger partial charge in [-0.05, 0) is 13.0 Å². The third-order valence-electron chi connectivity index (χ3n) is 2.68. The zero-order chi connectivity index (χ0) is 16.6. The average molecular weight is 359 g/mol. The normalized spacial score (nSPS) is 11.1. The summed E-state index contributed by atoms with van der Waals surface area (Å²) in [6.07, 6.45) is 0. The molecule has 1 aromatic carbocycles. The third kappa shape index (κ3) is 3.29. The molecule has 6 nitrogen and oxygen atoms in total. The van der Waals surface area contributed by atoms with Gasteiger partial charge in [-0.15, -0.1) is 5.10 Å². The maximum atomic E-state index is 13.6. The number of nitrogens with one attached hydrogen (secondary N) is 2. The largest absolute Gasteiger partial charge is 0.301 e. The molecule has 0 unspecified atom stereocenters. The Morgan fingerprint density at radius 3 is 2.83 bits per heavy atom. The first kappa shape index (κ1) is 15.7. The van der Waals surface area contributed by atoms with Crippen molar-refractivity contribution in [3.8, 4) is 0 Å². The standard InChI is InChI=1S/C12H8F3N5OS2/c1-4-16-12(20-19-4)22-3-7(21)17-11-18-10-6(23-11)2-5(13)8(14)9(10)15/h2H,3H2,1H3,(H,16,19,20)(H,17,18,21). The lowest BCUT2D eigenvalue weighted by Gasteiger charge is -1.98. The average Bonchev–Trinajstić information content (AvgIpc) is 3.09. The van der Waals surface area contributed by atoms with E-state index in [1.54, 1.807) is 6.92 Å². The number of thioether (sulfide) groups is 1. The molecular weight excluding hydrogens is 351 g/mol. The molecule has 0 bridgehead atoms. The van der Waals surface area contributed by atoms with Crippen LogP contribution in [0.2, 0.25) is 0 Å². The molecule has 0 saturated carbocycles. The van der Waals surface area contributed by atoms with E-state index in [1.807, 2.05) is 0 Å². The number of benzene rings is 1. The maximum Gasteiger partial charge on any atom is 0.236 e. The number of nitrogens with zero attached hydrogens (tertiary/aromatic N) is 3. The second kappa shape index (κ2) is 6.16. The Balaban J connectivity index is 1.71. The van der Waals surface area contributed by atoms with Crippen LogP contribution in [-0.2, 0) is 4.79 Å². The first-order valence-corrected chi connectivity index (χ1v) is 8.00. The topological polar surface area (TPSA) is 83.6 Å². The summed E-state index contributed by atoms with van der Waals surface area (Å²) >= 11 is 1.95. The molecule has 0 aliphatic carbocycles. The molecule has 0 aliphatic heterocycles. The summed E-state index contributed by atoms with van der Waals surface area (Å²) in [6.45, 7) is 1.73. The highest BCUT2D eigenvalue weighted by Crippen LogP contribution is 2.30. The molecule has 2 N–H and O–H groups in total. The van der Waals surface area contributed by atoms with Gasteiger partial charge >= 0.3 is 0 Å². The SMILES string of the molecule is Cc1nc(SCC(=O)Nc2nc3c(F)c(F)c(F)cc3s2)n[nH]1. The van der Waals surface area contributed by atoms with Crippen LogP contribution < -0.4 is 5.32 Å². The van der Waals surface area contributed by atoms with Gasteiger partial charge in [-0.1, -0.05) is 23.1 Å². The van der Waals surface area contributed by atoms with Crippen LogP contribution in [0.5, 0.6) is 0 Å². The number of halogens is 3. The van der Waals surface area contributed by atoms with Crippen molar-refractivity contribution < 1.29 is 18.0 Å². The summed E-state index contributed by atoms with van der Waals surface area (Å²) in [6, 6.07) is 0.840. The number of aromatic amines is 1. The molecule has 2 heterocycles. The Bertz CT molecular complexity index is 894. The highest BCUT2D eigenvalue weighted by molar-refractivity contribution is 7.99. The van der Waals surface area contributed by atoms with Gasteiger partial charge in [-0.3, -0.25) is 9.89 Å². The number of fused-ring (bicyclic) bond motifs is 1. The van der Waals surface area contributed by atoms with Gasteiger partial charge in [-0.2, -0.15) is 0 Å². The molecular formula is C12H8F3N5OS2. The van der Waals surface area contributed by atoms with Crippen molar-refractivity contribution in [1.29, 1.82) is 0 Å². The van der Waals surface area contributed by atoms with Gasteiger partial charge in [0, 0.05) is 0 Å². The van der Waals surface area contributed by atoms with Gasteiger partial charge in [0.25, 0.3) is 0 Å². The summed E-state index contributed by atoms with van der Waals surface area (Å²) in [5.74, 6) is -4.04. The molecule has 0 spiro atoms. The molecule has 3 aromatic rings. The van der Waals surface area contributed by atoms with E-state index >= 15 is 0 Å². The molecule has 0 radical (unpaired) electrons. The summed E-state index contributed by atoms with van der Waals surface area (Å²) in [4.78, 5) is 19.6. The number of rotatable bonds is 4. The van der Waals surface area contributed by atoms with E-state index in [1.165, 1.54) is 0 Å². The fourth-order valence-corrected chi connectivity index (χ4v) is 3.25. The minimum Gasteiger partial charge on any atom is -0.301 e. The number of anilines is 1. The molecule has 1 amide bonds. The van der Waals surface area contributed by atoms with E-state index in [-0.39, 0.29) is 21.1 Å². The Kier molecular flexibility index (Phi) is 4.22. The summed E-state index contributed by atoms with van der Waals surface area (Å²) in [7, 11) is 0. The first-order chi connectivity index (χ1) is 10.9. The number of hydrogen-bond acceptors (Lipinski definition) is 6. The minimum atomic E-state index is -1.59. The van der Waals surface area contributed by atoms with Crippen LogP contribution in [0, 0.1) is 24.4 Å². The van der Waals surface area contributed by atoms with Crippen molar-refractivity contribution >= 4 is 44.4 Å². The predicted molar refractivity (Wildman–Crippen MR) is 80.0 cm³/mol. The van der Waals surface area contributed by atoms with Crippen molar-refractivity contribution in [2.45, 2.75) is 12.1 Å². The van der Waals surface area contributed by atoms with E-state index in [0.29, 0.717) is 11.0 Å². The molecule has 0 atom stereocenters. The molecule has 11 heteroatoms. The van der Waals surface area contributed by atoms with Crippen molar-refractivity contribution in [2.24, 2.45) is 0 Å². The number of H-pyrrole nitrogens is 1. The Labute approximate surface area is 135 Å². The number of hydrogen-bond donors (Lipinski definition) is 2. The lowest BCUT2D eigenvalue weighted by Crippen LogP contribution is -2.13. The summed E-state index contributed by atoms with van der Waals surface area (Å²) < 4.78 is 40.0. The zero-order valence-electron chi connectivity index (χ0n) is 11.5. The van der Waals surface area contributed by atoms with Gasteiger partial charge in [0.1, 0.15) is 11.3 Å². The van der Waals surface area contributed by atoms with Gasteiger partial charge in [0.15, 0.2) is 22.6 Å². The van der Waals surface area contributed by atoms with Crippen molar-refractivity contribution in [3.05, 3.63) is 29.3 Å². The van der Waals surface area contributed by atoms with Crippen molar-refractivity contribution in [1.82, 2.24) is 20.2 Å². The van der Waals surface area contributed by atoms with Crippen LogP contribution in [0.1, 0.15) is 5.82 Å². The van der Waals surface area contributed by atoms with Crippen LogP contribution >= 0.6 is 23.1 Å². The van der Waals surface area contributed by atoms with Crippen LogP contribution in [0.3, 0.4) is 0 Å². The highest BCUT2D eigenvalue weighted by atomic mass is 32.2. The van der Waals surface area contributed by atoms with E-state index in [4.69, 9.17) is 0 Å². The Morgan fingerprint density at radius 1 is 1.35 bits per heavy atom. The minimum absolute atomic E-state index is 0.0123. The molecule has 120 valence electrons. The van der Waals surface area contributed by atoms with Crippen LogP contribution in [-0.4, -0.2) is 31.8 Å². The van der Waals surface area contributed by atoms with Gasteiger partial charge in [0.05, 0.1) is 10.5 Å². The van der Waals surface area contributed by atoms with Crippen molar-refractivity contribution in [2.75, 3.05) is 11.1 Å². The molecule has 0 aliphatic rings. The van der Waals surface area contributed by atoms with E-state index in [2.05, 4.69) is 25.5 Å². The molecule has 3 rings (SSSR count). The lowest BCUT2D eigenvalue weighted by atomic mass is 10.3. The number of carbonyl (C=O) groups is 1. The van der Waals surface area contributed by atoms with Crippen LogP contribution in [0.25, 0.3) is 10.2 Å². The molecule has 0 saturated heterocycles. The Hall–Kier alpha value is -2.14. The third-order valence-corrected chi connectivity index (χ3v) is 4.44. The lowest BCUT2D eigenvalue weighted by molar-refractivity contribution is -0.113. The Morgan fingerprint density at radius 2 is 2.13 bits per heavy atom. The number of aromatic nitrogens is 4. The van der Waals surface area contributed by atoms with Crippen molar-refractivity contribution in [3.63, 3.8) is 0 Å². The second-order valence-corrected chi connectivity index (χ2v) is 6.37. The zero-order valence-corrected chi connectivity index (χ0v) is 13.1. The smallest absolute Gasteiger partial charge is 0.236 e. The fourth-order valence-electron chi connectivity index (χ4n) is 1.70. The number of carbonyl (C=O) groups excluding carboxylic acids is 1. The monoisotopic (exact) mass is 359 g/mol. The summed E-state index contributed by atoms with van der Waals surface area (Å²) in [5, 5.41) is 9.42. The maximum absolute atomic E-state index is 13.6. The molecule has 2 aromatic heterocycles. The van der Waals surface area contributed by atoms with Crippen LogP contribution in [0.4, 0.5) is 18.3 Å². The first-order valence-electron chi connectivity index (χ1n) is 6.19. The number of aryl methyl sites for hydroxylation is 1. The highest BCUT2D eigenvalue weighted by Gasteiger charge is 2.18. The molecule has 0 fully saturated rings. The van der Waals surface area contributed by atoms with Gasteiger partial charge in [-0.25, -0.2) is 23.1 Å². The van der Waals surface area contributed by atoms with Crippen LogP contribution in [0.15, 0.2) is 11.2 Å². The van der Waals surface area contributed by atoms with E-state index < -0.39 is 23.4 Å². The number of thiazole rings is 1. The quantitative estimate of drug-likeness (QED) is 0.553. The van der Waals surface area contributed by atoms with Gasteiger partial charge < -0.3 is 5.32 Å². The van der Waals surface area contributed by atoms with E-state index in [0.717, 1.165) is 29.2 Å². The summed E-state index contributed by atoms with van der Waals surface area (Å²) in [5.41, 5.74) is -0.318. The van der Waals surface area contributed by atoms with E-state index in [9.17, 15) is 18.0 Å². The number of amides is 1. The fraction of sp³-hybridized carbons (Fsp3) is 0.167. The molecule has 23 heavy (non-hydrogen) atoms. The predicted octanol–water partition coefficient (Wildman–Crippen LogP) is 2.87. The second-order valence-electron chi connectivity index (χ2n) is 4.39. The van der Waals surface area contributed by atoms with Gasteiger partial charge in [0.2, 0.25) is 11.1 Å².